The smallest absolute Gasteiger partial charge is 0.254 e. The largest absolute Gasteiger partial charge is 0.507 e. The first-order valence-corrected chi connectivity index (χ1v) is 28.0. The van der Waals surface area contributed by atoms with Gasteiger partial charge in [-0.15, -0.1) is 21.5 Å². The molecule has 2 bridgehead atoms. The van der Waals surface area contributed by atoms with Crippen LogP contribution in [0.2, 0.25) is 0 Å². The van der Waals surface area contributed by atoms with E-state index < -0.39 is 35.8 Å². The molecule has 20 nitrogen and oxygen atoms in total. The van der Waals surface area contributed by atoms with Crippen molar-refractivity contribution in [2.24, 2.45) is 5.92 Å². The molecule has 1 aromatic carbocycles. The van der Waals surface area contributed by atoms with Crippen LogP contribution in [0.1, 0.15) is 94.7 Å². The van der Waals surface area contributed by atoms with E-state index in [-0.39, 0.29) is 72.4 Å². The summed E-state index contributed by atoms with van der Waals surface area (Å²) in [5, 5.41) is 36.7. The van der Waals surface area contributed by atoms with Crippen LogP contribution >= 0.6 is 11.3 Å². The third-order valence-corrected chi connectivity index (χ3v) is 17.0. The molecule has 5 fully saturated rings. The monoisotopic (exact) mass is 1090 g/mol. The van der Waals surface area contributed by atoms with Crippen LogP contribution < -0.4 is 30.3 Å². The lowest BCUT2D eigenvalue weighted by Gasteiger charge is -2.43. The molecule has 412 valence electrons. The molecule has 5 aliphatic rings. The summed E-state index contributed by atoms with van der Waals surface area (Å²) in [6.07, 6.45) is 8.30. The third kappa shape index (κ3) is 11.3. The number of nitrogens with two attached hydrogens (primary N) is 1. The molecule has 9 heterocycles. The molecule has 22 heteroatoms. The number of rotatable bonds is 18. The number of halogens is 1. The number of aliphatic hydroxyl groups is 1. The third-order valence-electron chi connectivity index (χ3n) is 16.0. The normalized spacial score (nSPS) is 23.3. The van der Waals surface area contributed by atoms with Crippen LogP contribution in [0.25, 0.3) is 21.8 Å². The van der Waals surface area contributed by atoms with Crippen molar-refractivity contribution in [2.45, 2.75) is 127 Å². The molecule has 1 aliphatic carbocycles. The number of para-hydroxylation sites is 1. The average molecular weight is 1090 g/mol. The van der Waals surface area contributed by atoms with Gasteiger partial charge in [-0.3, -0.25) is 19.5 Å². The first kappa shape index (κ1) is 53.0. The Morgan fingerprint density at radius 3 is 2.42 bits per heavy atom. The number of likely N-dealkylation sites (tertiary alicyclic amines) is 2. The Hall–Kier alpha value is -7.01. The fraction of sp³-hybridized carbons (Fsp3) is 0.500. The van der Waals surface area contributed by atoms with Crippen LogP contribution in [0.5, 0.6) is 17.5 Å². The van der Waals surface area contributed by atoms with Crippen LogP contribution in [0.15, 0.2) is 77.0 Å². The second-order valence-electron chi connectivity index (χ2n) is 21.7. The zero-order valence-corrected chi connectivity index (χ0v) is 45.1. The summed E-state index contributed by atoms with van der Waals surface area (Å²) >= 11 is 1.37. The molecule has 4 aliphatic heterocycles. The molecule has 78 heavy (non-hydrogen) atoms. The molecule has 2 unspecified atom stereocenters. The number of aromatic nitrogens is 6. The number of nitrogens with one attached hydrogen (secondary N) is 1. The number of piperazine rings is 1. The highest BCUT2D eigenvalue weighted by Crippen LogP contribution is 2.41. The Labute approximate surface area is 456 Å². The van der Waals surface area contributed by atoms with E-state index in [1.807, 2.05) is 45.2 Å². The van der Waals surface area contributed by atoms with E-state index in [0.717, 1.165) is 86.6 Å². The molecule has 4 saturated heterocycles. The number of hydrogen-bond acceptors (Lipinski definition) is 19. The minimum atomic E-state index is -0.977. The number of ether oxygens (including phenoxy) is 3. The number of phenolic OH excluding ortho intramolecular Hbond substituents is 1. The summed E-state index contributed by atoms with van der Waals surface area (Å²) in [5.41, 5.74) is 12.6. The van der Waals surface area contributed by atoms with Gasteiger partial charge in [0.15, 0.2) is 11.6 Å². The number of nitrogen functional groups attached to an aromatic ring is 1. The van der Waals surface area contributed by atoms with Crippen molar-refractivity contribution in [1.29, 1.82) is 0 Å². The molecule has 1 saturated carbocycles. The summed E-state index contributed by atoms with van der Waals surface area (Å²) in [5.74, 6) is -0.712. The number of nitrogens with zero attached hydrogens (tertiary/aromatic N) is 10. The fourth-order valence-electron chi connectivity index (χ4n) is 11.9. The van der Waals surface area contributed by atoms with Gasteiger partial charge in [0.25, 0.3) is 5.88 Å². The van der Waals surface area contributed by atoms with Crippen molar-refractivity contribution >= 4 is 40.3 Å². The van der Waals surface area contributed by atoms with Crippen LogP contribution in [-0.4, -0.2) is 151 Å². The van der Waals surface area contributed by atoms with Crippen molar-refractivity contribution in [3.8, 4) is 39.3 Å². The number of benzene rings is 1. The Bertz CT molecular complexity index is 3080. The highest BCUT2D eigenvalue weighted by Gasteiger charge is 2.45. The van der Waals surface area contributed by atoms with Crippen molar-refractivity contribution in [2.75, 3.05) is 61.4 Å². The van der Waals surface area contributed by atoms with Gasteiger partial charge in [-0.25, -0.2) is 14.4 Å². The SMILES string of the molecule is Cc1ncsc1-c1cc(F)c([C@@H](C)NC(=O)[C@@H]2C[C@@H](O)CN2C(=O)[C@H](c2cc(OCCN3CCC(O[C@H]4C[C@H](Oc5cc(N6C7CCC6CN(c6cc(-c8ccccc8O)nnc6N)C7)ccn5)C4)CC3)no2)C(C)C)cn1. The molecule has 0 radical (unpaired) electrons. The maximum atomic E-state index is 15.4. The molecule has 11 rings (SSSR count). The molecule has 5 aromatic heterocycles. The number of amides is 2. The first-order valence-electron chi connectivity index (χ1n) is 27.1. The number of aromatic hydroxyl groups is 1. The number of fused-ring (bicyclic) bond motifs is 2. The Balaban J connectivity index is 0.604. The molecule has 6 aromatic rings. The van der Waals surface area contributed by atoms with E-state index in [1.54, 1.807) is 30.6 Å². The van der Waals surface area contributed by atoms with Gasteiger partial charge in [0.2, 0.25) is 17.7 Å². The summed E-state index contributed by atoms with van der Waals surface area (Å²) in [6, 6.07) is 15.0. The second kappa shape index (κ2) is 22.8. The fourth-order valence-corrected chi connectivity index (χ4v) is 12.6. The number of carbonyl (C=O) groups excluding carboxylic acids is 2. The minimum Gasteiger partial charge on any atom is -0.507 e. The number of anilines is 3. The van der Waals surface area contributed by atoms with Crippen LogP contribution in [-0.2, 0) is 14.3 Å². The molecule has 5 N–H and O–H groups in total. The Morgan fingerprint density at radius 2 is 1.69 bits per heavy atom. The molecular weight excluding hydrogens is 1020 g/mol. The van der Waals surface area contributed by atoms with Gasteiger partial charge < -0.3 is 54.7 Å². The Kier molecular flexibility index (Phi) is 15.5. The van der Waals surface area contributed by atoms with Gasteiger partial charge >= 0.3 is 0 Å². The van der Waals surface area contributed by atoms with E-state index in [0.29, 0.717) is 47.6 Å². The van der Waals surface area contributed by atoms with E-state index in [1.165, 1.54) is 28.5 Å². The van der Waals surface area contributed by atoms with Crippen molar-refractivity contribution in [3.63, 3.8) is 0 Å². The number of carbonyl (C=O) groups is 2. The quantitative estimate of drug-likeness (QED) is 0.0701. The number of pyridine rings is 2. The molecule has 6 atom stereocenters. The summed E-state index contributed by atoms with van der Waals surface area (Å²) in [6.45, 7) is 11.6. The maximum Gasteiger partial charge on any atom is 0.254 e. The summed E-state index contributed by atoms with van der Waals surface area (Å²) in [4.78, 5) is 50.5. The van der Waals surface area contributed by atoms with E-state index in [9.17, 15) is 19.8 Å². The summed E-state index contributed by atoms with van der Waals surface area (Å²) in [7, 11) is 0. The summed E-state index contributed by atoms with van der Waals surface area (Å²) < 4.78 is 40.0. The van der Waals surface area contributed by atoms with Gasteiger partial charge in [-0.2, -0.15) is 0 Å². The highest BCUT2D eigenvalue weighted by molar-refractivity contribution is 7.13. The first-order chi connectivity index (χ1) is 37.7. The topological polar surface area (TPSA) is 244 Å². The lowest BCUT2D eigenvalue weighted by atomic mass is 9.91. The zero-order valence-electron chi connectivity index (χ0n) is 44.3. The van der Waals surface area contributed by atoms with Gasteiger partial charge in [0.05, 0.1) is 57.5 Å². The van der Waals surface area contributed by atoms with Crippen molar-refractivity contribution < 1.29 is 42.9 Å². The number of aliphatic hydroxyl groups excluding tert-OH is 1. The van der Waals surface area contributed by atoms with Gasteiger partial charge in [0, 0.05) is 118 Å². The van der Waals surface area contributed by atoms with E-state index in [2.05, 4.69) is 62.5 Å². The zero-order chi connectivity index (χ0) is 54.2. The number of piperidine rings is 1. The average Bonchev–Trinajstić information content (AvgIpc) is 4.23. The maximum absolute atomic E-state index is 15.4. The Morgan fingerprint density at radius 1 is 0.910 bits per heavy atom. The van der Waals surface area contributed by atoms with Crippen LogP contribution in [0, 0.1) is 18.7 Å². The van der Waals surface area contributed by atoms with Crippen molar-refractivity contribution in [3.05, 3.63) is 95.3 Å². The van der Waals surface area contributed by atoms with Crippen LogP contribution in [0.3, 0.4) is 0 Å². The molecular formula is C56H67FN12O8S. The lowest BCUT2D eigenvalue weighted by Crippen LogP contribution is -2.54. The molecule has 2 amide bonds. The van der Waals surface area contributed by atoms with Gasteiger partial charge in [0.1, 0.15) is 36.2 Å². The predicted molar refractivity (Wildman–Crippen MR) is 290 cm³/mol. The minimum absolute atomic E-state index is 0.0345. The molecule has 0 spiro atoms. The van der Waals surface area contributed by atoms with Crippen molar-refractivity contribution in [1.82, 2.24) is 45.4 Å². The standard InChI is InChI=1S/C56H67FN12O8S/c1-31(2)52(56(73)68-29-37(70)20-47(68)55(72)62-32(3)42-26-60-45(23-43(42)57)53-33(4)61-30-78-53)49-25-51(65-77-49)74-18-17-66-15-12-38(13-16-66)75-39-21-40(22-39)76-50-19-34(11-14-59-50)69-35-9-10-36(69)28-67(27-35)46-24-44(63-64-54(46)58)41-7-5-6-8-48(41)71/h5-8,11,14,19,23-26,30-32,35-40,47,52,70-71H,9-10,12-13,15-18,20-22,27-29H2,1-4H3,(H2,58,64)(H,62,72)/t32-,35?,36?,37-,39-,40-,47+,52+/m1/s1. The number of thiazole rings is 1. The predicted octanol–water partition coefficient (Wildman–Crippen LogP) is 6.69. The number of phenols is 1. The van der Waals surface area contributed by atoms with Gasteiger partial charge in [-0.1, -0.05) is 26.0 Å². The van der Waals surface area contributed by atoms with Crippen LogP contribution in [0.4, 0.5) is 21.6 Å². The van der Waals surface area contributed by atoms with E-state index in [4.69, 9.17) is 24.5 Å². The highest BCUT2D eigenvalue weighted by atomic mass is 32.1. The number of aryl methyl sites for hydroxylation is 1. The van der Waals surface area contributed by atoms with Gasteiger partial charge in [-0.05, 0) is 74.9 Å². The number of β-amino-alcohol motifs (C(OH)–C–C–N with tert-alkyl or cyclic N) is 1. The van der Waals surface area contributed by atoms with E-state index >= 15 is 4.39 Å². The number of hydrogen-bond donors (Lipinski definition) is 4. The lowest BCUT2D eigenvalue weighted by molar-refractivity contribution is -0.141. The second-order valence-corrected chi connectivity index (χ2v) is 22.6.